The average Bonchev–Trinajstić information content (AvgIpc) is 2.88. The van der Waals surface area contributed by atoms with E-state index < -0.39 is 29.2 Å². The lowest BCUT2D eigenvalue weighted by molar-refractivity contribution is 0.0727. The van der Waals surface area contributed by atoms with E-state index in [1.165, 1.54) is 43.5 Å². The smallest absolute Gasteiger partial charge is 0.343 e. The number of hydrogen-bond donors (Lipinski definition) is 0. The molecule has 4 aromatic rings. The van der Waals surface area contributed by atoms with Crippen LogP contribution in [-0.4, -0.2) is 19.7 Å². The molecule has 0 spiro atoms. The lowest BCUT2D eigenvalue weighted by Crippen LogP contribution is -2.10. The molecule has 0 radical (unpaired) electrons. The number of rotatable bonds is 7. The Morgan fingerprint density at radius 2 is 1.37 bits per heavy atom. The van der Waals surface area contributed by atoms with Gasteiger partial charge in [-0.1, -0.05) is 30.3 Å². The zero-order valence-electron chi connectivity index (χ0n) is 19.0. The summed E-state index contributed by atoms with van der Waals surface area (Å²) in [4.78, 5) is 12.5. The van der Waals surface area contributed by atoms with E-state index in [0.717, 1.165) is 0 Å². The van der Waals surface area contributed by atoms with Crippen molar-refractivity contribution in [3.8, 4) is 39.5 Å². The maximum atomic E-state index is 14.7. The van der Waals surface area contributed by atoms with E-state index in [4.69, 9.17) is 14.2 Å². The number of halogens is 3. The van der Waals surface area contributed by atoms with E-state index in [1.807, 2.05) is 0 Å². The van der Waals surface area contributed by atoms with Gasteiger partial charge in [0.25, 0.3) is 0 Å². The molecule has 178 valence electrons. The van der Waals surface area contributed by atoms with Gasteiger partial charge in [0.1, 0.15) is 5.75 Å². The van der Waals surface area contributed by atoms with E-state index in [-0.39, 0.29) is 16.9 Å². The van der Waals surface area contributed by atoms with Gasteiger partial charge in [0, 0.05) is 5.56 Å². The molecule has 0 aliphatic carbocycles. The Morgan fingerprint density at radius 1 is 0.743 bits per heavy atom. The van der Waals surface area contributed by atoms with Gasteiger partial charge >= 0.3 is 5.97 Å². The van der Waals surface area contributed by atoms with Crippen molar-refractivity contribution in [2.75, 3.05) is 13.7 Å². The molecule has 4 nitrogen and oxygen atoms in total. The molecule has 0 N–H and O–H groups in total. The number of carbonyl (C=O) groups excluding carboxylic acids is 1. The van der Waals surface area contributed by atoms with Crippen LogP contribution < -0.4 is 14.2 Å². The molecular formula is C28H21F3O4. The molecule has 0 atom stereocenters. The number of ether oxygens (including phenoxy) is 3. The number of carbonyl (C=O) groups is 1. The zero-order chi connectivity index (χ0) is 24.9. The Bertz CT molecular complexity index is 1350. The third-order valence-corrected chi connectivity index (χ3v) is 5.34. The fourth-order valence-electron chi connectivity index (χ4n) is 3.51. The summed E-state index contributed by atoms with van der Waals surface area (Å²) in [5.74, 6) is -3.54. The molecule has 0 saturated heterocycles. The number of esters is 1. The van der Waals surface area contributed by atoms with Crippen LogP contribution in [0.25, 0.3) is 22.3 Å². The Balaban J connectivity index is 1.50. The van der Waals surface area contributed by atoms with Crippen LogP contribution in [0.1, 0.15) is 17.3 Å². The van der Waals surface area contributed by atoms with Gasteiger partial charge in [-0.25, -0.2) is 13.6 Å². The first-order chi connectivity index (χ1) is 16.9. The number of hydrogen-bond acceptors (Lipinski definition) is 4. The zero-order valence-corrected chi connectivity index (χ0v) is 19.0. The van der Waals surface area contributed by atoms with Gasteiger partial charge in [-0.05, 0) is 72.1 Å². The van der Waals surface area contributed by atoms with Crippen molar-refractivity contribution in [3.63, 3.8) is 0 Å². The Hall–Kier alpha value is -4.26. The standard InChI is InChI=1S/C28H21F3O4/c1-3-34-24-14-10-20(16-23(24)29)17-4-6-19(7-5-17)28(32)35-25-15-13-22(26(30)27(25)31)18-8-11-21(33-2)12-9-18/h4-16H,3H2,1-2H3. The lowest BCUT2D eigenvalue weighted by atomic mass is 10.0. The highest BCUT2D eigenvalue weighted by Gasteiger charge is 2.19. The minimum absolute atomic E-state index is 0.0249. The van der Waals surface area contributed by atoms with Crippen LogP contribution in [0.5, 0.6) is 17.2 Å². The van der Waals surface area contributed by atoms with Crippen LogP contribution in [0.4, 0.5) is 13.2 Å². The molecule has 4 aromatic carbocycles. The van der Waals surface area contributed by atoms with Crippen LogP contribution in [0, 0.1) is 17.5 Å². The highest BCUT2D eigenvalue weighted by atomic mass is 19.2. The summed E-state index contributed by atoms with van der Waals surface area (Å²) in [7, 11) is 1.51. The fraction of sp³-hybridized carbons (Fsp3) is 0.107. The second-order valence-corrected chi connectivity index (χ2v) is 7.51. The second-order valence-electron chi connectivity index (χ2n) is 7.51. The van der Waals surface area contributed by atoms with E-state index in [2.05, 4.69) is 0 Å². The Kier molecular flexibility index (Phi) is 7.06. The molecule has 0 heterocycles. The molecule has 0 aromatic heterocycles. The van der Waals surface area contributed by atoms with Crippen LogP contribution in [0.2, 0.25) is 0 Å². The third kappa shape index (κ3) is 5.14. The minimum Gasteiger partial charge on any atom is -0.497 e. The van der Waals surface area contributed by atoms with Gasteiger partial charge in [-0.15, -0.1) is 0 Å². The van der Waals surface area contributed by atoms with E-state index in [9.17, 15) is 18.0 Å². The molecule has 0 unspecified atom stereocenters. The number of methoxy groups -OCH3 is 1. The van der Waals surface area contributed by atoms with Gasteiger partial charge in [-0.2, -0.15) is 4.39 Å². The predicted octanol–water partition coefficient (Wildman–Crippen LogP) is 7.06. The minimum atomic E-state index is -1.27. The summed E-state index contributed by atoms with van der Waals surface area (Å²) in [6.07, 6.45) is 0. The van der Waals surface area contributed by atoms with Gasteiger partial charge in [-0.3, -0.25) is 0 Å². The van der Waals surface area contributed by atoms with Crippen LogP contribution >= 0.6 is 0 Å². The van der Waals surface area contributed by atoms with Crippen molar-refractivity contribution in [2.24, 2.45) is 0 Å². The van der Waals surface area contributed by atoms with Crippen molar-refractivity contribution >= 4 is 5.97 Å². The Labute approximate surface area is 200 Å². The number of benzene rings is 4. The summed E-state index contributed by atoms with van der Waals surface area (Å²) in [6, 6.07) is 19.7. The van der Waals surface area contributed by atoms with Crippen molar-refractivity contribution in [3.05, 3.63) is 102 Å². The molecule has 0 amide bonds. The molecule has 7 heteroatoms. The van der Waals surface area contributed by atoms with Crippen LogP contribution in [0.3, 0.4) is 0 Å². The molecular weight excluding hydrogens is 457 g/mol. The molecule has 0 aliphatic rings. The summed E-state index contributed by atoms with van der Waals surface area (Å²) >= 11 is 0. The normalized spacial score (nSPS) is 10.7. The van der Waals surface area contributed by atoms with Crippen LogP contribution in [0.15, 0.2) is 78.9 Å². The van der Waals surface area contributed by atoms with Crippen LogP contribution in [-0.2, 0) is 0 Å². The summed E-state index contributed by atoms with van der Waals surface area (Å²) < 4.78 is 58.9. The van der Waals surface area contributed by atoms with Gasteiger partial charge < -0.3 is 14.2 Å². The van der Waals surface area contributed by atoms with Gasteiger partial charge in [0.15, 0.2) is 23.1 Å². The van der Waals surface area contributed by atoms with E-state index >= 15 is 0 Å². The molecule has 4 rings (SSSR count). The summed E-state index contributed by atoms with van der Waals surface area (Å²) in [6.45, 7) is 2.11. The predicted molar refractivity (Wildman–Crippen MR) is 126 cm³/mol. The average molecular weight is 478 g/mol. The van der Waals surface area contributed by atoms with Gasteiger partial charge in [0.2, 0.25) is 5.82 Å². The van der Waals surface area contributed by atoms with Crippen molar-refractivity contribution in [1.82, 2.24) is 0 Å². The maximum absolute atomic E-state index is 14.7. The second kappa shape index (κ2) is 10.3. The quantitative estimate of drug-likeness (QED) is 0.211. The molecule has 0 bridgehead atoms. The first kappa shape index (κ1) is 23.9. The topological polar surface area (TPSA) is 44.8 Å². The van der Waals surface area contributed by atoms with Gasteiger partial charge in [0.05, 0.1) is 19.3 Å². The van der Waals surface area contributed by atoms with E-state index in [1.54, 1.807) is 49.4 Å². The highest BCUT2D eigenvalue weighted by Crippen LogP contribution is 2.31. The molecule has 0 fully saturated rings. The molecule has 35 heavy (non-hydrogen) atoms. The molecule has 0 saturated carbocycles. The fourth-order valence-corrected chi connectivity index (χ4v) is 3.51. The Morgan fingerprint density at radius 3 is 2.00 bits per heavy atom. The van der Waals surface area contributed by atoms with Crippen molar-refractivity contribution in [2.45, 2.75) is 6.92 Å². The summed E-state index contributed by atoms with van der Waals surface area (Å²) in [5.41, 5.74) is 1.84. The van der Waals surface area contributed by atoms with E-state index in [0.29, 0.717) is 29.0 Å². The first-order valence-corrected chi connectivity index (χ1v) is 10.8. The summed E-state index contributed by atoms with van der Waals surface area (Å²) in [5, 5.41) is 0. The van der Waals surface area contributed by atoms with Crippen molar-refractivity contribution < 1.29 is 32.2 Å². The monoisotopic (exact) mass is 478 g/mol. The first-order valence-electron chi connectivity index (χ1n) is 10.8. The van der Waals surface area contributed by atoms with Crippen molar-refractivity contribution in [1.29, 1.82) is 0 Å². The largest absolute Gasteiger partial charge is 0.497 e. The third-order valence-electron chi connectivity index (χ3n) is 5.34. The maximum Gasteiger partial charge on any atom is 0.343 e. The molecule has 0 aliphatic heterocycles. The lowest BCUT2D eigenvalue weighted by Gasteiger charge is -2.10. The SMILES string of the molecule is CCOc1ccc(-c2ccc(C(=O)Oc3ccc(-c4ccc(OC)cc4)c(F)c3F)cc2)cc1F. The highest BCUT2D eigenvalue weighted by molar-refractivity contribution is 5.91.